The molecule has 1 aliphatic heterocycles. The van der Waals surface area contributed by atoms with Gasteiger partial charge in [-0.2, -0.15) is 5.10 Å². The number of benzene rings is 1. The van der Waals surface area contributed by atoms with Crippen molar-refractivity contribution in [3.63, 3.8) is 0 Å². The van der Waals surface area contributed by atoms with Crippen molar-refractivity contribution in [2.24, 2.45) is 0 Å². The monoisotopic (exact) mass is 614 g/mol. The number of halogens is 1. The molecule has 224 valence electrons. The van der Waals surface area contributed by atoms with E-state index in [9.17, 15) is 19.8 Å². The second-order valence-electron chi connectivity index (χ2n) is 11.2. The Bertz CT molecular complexity index is 1570. The number of aliphatic hydroxyl groups excluding tert-OH is 2. The average Bonchev–Trinajstić information content (AvgIpc) is 3.72. The molecule has 4 aromatic rings. The van der Waals surface area contributed by atoms with Gasteiger partial charge in [0.1, 0.15) is 5.69 Å². The normalized spacial score (nSPS) is 15.0. The highest BCUT2D eigenvalue weighted by Crippen LogP contribution is 2.32. The van der Waals surface area contributed by atoms with Crippen molar-refractivity contribution >= 4 is 45.7 Å². The third-order valence-corrected chi connectivity index (χ3v) is 8.87. The van der Waals surface area contributed by atoms with E-state index in [0.717, 1.165) is 30.8 Å². The summed E-state index contributed by atoms with van der Waals surface area (Å²) in [7, 11) is 0. The predicted octanol–water partition coefficient (Wildman–Crippen LogP) is 3.53. The van der Waals surface area contributed by atoms with E-state index >= 15 is 0 Å². The molecule has 4 heterocycles. The maximum absolute atomic E-state index is 13.6. The Morgan fingerprint density at radius 1 is 1.14 bits per heavy atom. The number of likely N-dealkylation sites (tertiary alicyclic amines) is 1. The molecule has 0 radical (unpaired) electrons. The van der Waals surface area contributed by atoms with E-state index in [2.05, 4.69) is 39.6 Å². The minimum absolute atomic E-state index is 0.0183. The maximum Gasteiger partial charge on any atom is 0.272 e. The zero-order chi connectivity index (χ0) is 30.0. The second-order valence-corrected chi connectivity index (χ2v) is 12.9. The van der Waals surface area contributed by atoms with Gasteiger partial charge in [0.05, 0.1) is 40.0 Å². The van der Waals surface area contributed by atoms with Crippen LogP contribution in [-0.2, 0) is 6.54 Å². The largest absolute Gasteiger partial charge is 0.394 e. The molecule has 42 heavy (non-hydrogen) atoms. The van der Waals surface area contributed by atoms with Crippen LogP contribution in [0.15, 0.2) is 40.9 Å². The molecular weight excluding hydrogens is 580 g/mol. The zero-order valence-electron chi connectivity index (χ0n) is 23.8. The van der Waals surface area contributed by atoms with Crippen LogP contribution in [0, 0.1) is 0 Å². The van der Waals surface area contributed by atoms with Crippen molar-refractivity contribution in [1.29, 1.82) is 0 Å². The Kier molecular flexibility index (Phi) is 9.00. The summed E-state index contributed by atoms with van der Waals surface area (Å²) >= 11 is 7.46. The smallest absolute Gasteiger partial charge is 0.272 e. The van der Waals surface area contributed by atoms with Gasteiger partial charge in [0.15, 0.2) is 11.5 Å². The van der Waals surface area contributed by atoms with Gasteiger partial charge in [0.25, 0.3) is 11.8 Å². The Labute approximate surface area is 252 Å². The van der Waals surface area contributed by atoms with Crippen LogP contribution in [0.25, 0.3) is 21.5 Å². The first kappa shape index (κ1) is 30.2. The minimum atomic E-state index is -1.20. The fraction of sp³-hybridized carbons (Fsp3) is 0.448. The third kappa shape index (κ3) is 6.52. The van der Waals surface area contributed by atoms with Gasteiger partial charge >= 0.3 is 0 Å². The number of thiophene rings is 1. The number of hydrogen-bond donors (Lipinski definition) is 4. The average molecular weight is 615 g/mol. The van der Waals surface area contributed by atoms with Crippen LogP contribution < -0.4 is 10.6 Å². The number of nitrogens with one attached hydrogen (secondary N) is 2. The number of piperidine rings is 1. The van der Waals surface area contributed by atoms with Gasteiger partial charge in [-0.1, -0.05) is 16.8 Å². The first-order chi connectivity index (χ1) is 20.1. The summed E-state index contributed by atoms with van der Waals surface area (Å²) in [5, 5.41) is 34.4. The lowest BCUT2D eigenvalue weighted by molar-refractivity contribution is 0.0723. The van der Waals surface area contributed by atoms with Crippen LogP contribution in [0.4, 0.5) is 0 Å². The van der Waals surface area contributed by atoms with E-state index in [1.807, 2.05) is 12.1 Å². The Morgan fingerprint density at radius 2 is 1.88 bits per heavy atom. The standard InChI is InChI=1S/C29H35ClN6O5S/c1-17(2)35-10-8-19(9-11-35)31-28(40)26-21-12-18(27(39)32-29(3,15-37)16-38)4-5-22(21)36(33-26)14-20-13-23(41-34-20)24-6-7-25(30)42-24/h4-7,12-13,17,19,37-38H,8-11,14-16H2,1-3H3,(H,31,40)(H,32,39). The molecule has 2 amide bonds. The number of fused-ring (bicyclic) bond motifs is 1. The van der Waals surface area contributed by atoms with Crippen molar-refractivity contribution in [3.05, 3.63) is 57.7 Å². The summed E-state index contributed by atoms with van der Waals surface area (Å²) in [4.78, 5) is 29.9. The lowest BCUT2D eigenvalue weighted by Crippen LogP contribution is -2.51. The van der Waals surface area contributed by atoms with Gasteiger partial charge in [0, 0.05) is 42.2 Å². The molecular formula is C29H35ClN6O5S. The van der Waals surface area contributed by atoms with Crippen LogP contribution in [0.2, 0.25) is 4.34 Å². The zero-order valence-corrected chi connectivity index (χ0v) is 25.3. The number of hydrogen-bond acceptors (Lipinski definition) is 9. The molecule has 0 atom stereocenters. The van der Waals surface area contributed by atoms with Gasteiger partial charge in [-0.3, -0.25) is 14.3 Å². The molecule has 0 spiro atoms. The predicted molar refractivity (Wildman–Crippen MR) is 161 cm³/mol. The molecule has 5 rings (SSSR count). The third-order valence-electron chi connectivity index (χ3n) is 7.62. The van der Waals surface area contributed by atoms with Gasteiger partial charge in [-0.15, -0.1) is 11.3 Å². The molecule has 1 aliphatic rings. The van der Waals surface area contributed by atoms with Crippen molar-refractivity contribution < 1.29 is 24.3 Å². The number of aromatic nitrogens is 3. The number of amides is 2. The van der Waals surface area contributed by atoms with Crippen molar-refractivity contribution in [3.8, 4) is 10.6 Å². The van der Waals surface area contributed by atoms with Gasteiger partial charge in [-0.05, 0) is 63.9 Å². The molecule has 1 fully saturated rings. The van der Waals surface area contributed by atoms with E-state index < -0.39 is 24.7 Å². The number of nitrogens with zero attached hydrogens (tertiary/aromatic N) is 4. The summed E-state index contributed by atoms with van der Waals surface area (Å²) in [6.45, 7) is 7.05. The quantitative estimate of drug-likeness (QED) is 0.212. The van der Waals surface area contributed by atoms with E-state index in [-0.39, 0.29) is 29.8 Å². The Balaban J connectivity index is 1.44. The summed E-state index contributed by atoms with van der Waals surface area (Å²) in [5.74, 6) is -0.221. The molecule has 0 bridgehead atoms. The first-order valence-electron chi connectivity index (χ1n) is 13.9. The molecule has 3 aromatic heterocycles. The Morgan fingerprint density at radius 3 is 2.52 bits per heavy atom. The van der Waals surface area contributed by atoms with Gasteiger partial charge in [0.2, 0.25) is 0 Å². The fourth-order valence-electron chi connectivity index (χ4n) is 5.00. The highest BCUT2D eigenvalue weighted by atomic mass is 35.5. The van der Waals surface area contributed by atoms with Crippen LogP contribution in [0.5, 0.6) is 0 Å². The van der Waals surface area contributed by atoms with Crippen molar-refractivity contribution in [1.82, 2.24) is 30.5 Å². The molecule has 11 nitrogen and oxygen atoms in total. The Hall–Kier alpha value is -3.29. The number of rotatable bonds is 10. The summed E-state index contributed by atoms with van der Waals surface area (Å²) in [5.41, 5.74) is 0.524. The lowest BCUT2D eigenvalue weighted by Gasteiger charge is -2.34. The summed E-state index contributed by atoms with van der Waals surface area (Å²) < 4.78 is 7.84. The summed E-state index contributed by atoms with van der Waals surface area (Å²) in [6.07, 6.45) is 1.68. The SMILES string of the molecule is CC(C)N1CCC(NC(=O)c2nn(Cc3cc(-c4ccc(Cl)s4)on3)c3ccc(C(=O)NC(C)(CO)CO)cc23)CC1. The van der Waals surface area contributed by atoms with Gasteiger partial charge in [-0.25, -0.2) is 0 Å². The molecule has 0 unspecified atom stereocenters. The summed E-state index contributed by atoms with van der Waals surface area (Å²) in [6, 6.07) is 10.9. The molecule has 4 N–H and O–H groups in total. The van der Waals surface area contributed by atoms with Gasteiger partial charge < -0.3 is 30.3 Å². The molecule has 0 saturated carbocycles. The highest BCUT2D eigenvalue weighted by Gasteiger charge is 2.28. The lowest BCUT2D eigenvalue weighted by atomic mass is 10.0. The van der Waals surface area contributed by atoms with Crippen LogP contribution in [0.1, 0.15) is 60.2 Å². The first-order valence-corrected chi connectivity index (χ1v) is 15.1. The van der Waals surface area contributed by atoms with Crippen molar-refractivity contribution in [2.75, 3.05) is 26.3 Å². The fourth-order valence-corrected chi connectivity index (χ4v) is 5.99. The van der Waals surface area contributed by atoms with Crippen LogP contribution in [-0.4, -0.2) is 85.8 Å². The molecule has 0 aliphatic carbocycles. The molecule has 1 aromatic carbocycles. The number of aliphatic hydroxyl groups is 2. The maximum atomic E-state index is 13.6. The topological polar surface area (TPSA) is 146 Å². The molecule has 1 saturated heterocycles. The van der Waals surface area contributed by atoms with E-state index in [4.69, 9.17) is 16.1 Å². The van der Waals surface area contributed by atoms with E-state index in [1.165, 1.54) is 11.3 Å². The van der Waals surface area contributed by atoms with Crippen LogP contribution >= 0.6 is 22.9 Å². The highest BCUT2D eigenvalue weighted by molar-refractivity contribution is 7.19. The minimum Gasteiger partial charge on any atom is -0.394 e. The molecule has 13 heteroatoms. The van der Waals surface area contributed by atoms with E-state index in [0.29, 0.717) is 32.7 Å². The number of carbonyl (C=O) groups excluding carboxylic acids is 2. The second kappa shape index (κ2) is 12.5. The van der Waals surface area contributed by atoms with E-state index in [1.54, 1.807) is 35.9 Å². The van der Waals surface area contributed by atoms with Crippen LogP contribution in [0.3, 0.4) is 0 Å². The number of carbonyl (C=O) groups is 2. The van der Waals surface area contributed by atoms with Crippen molar-refractivity contribution in [2.45, 2.75) is 57.8 Å².